The highest BCUT2D eigenvalue weighted by Gasteiger charge is 2.51. The summed E-state index contributed by atoms with van der Waals surface area (Å²) < 4.78 is 0. The van der Waals surface area contributed by atoms with Gasteiger partial charge in [-0.3, -0.25) is 19.2 Å². The fraction of sp³-hybridized carbons (Fsp3) is 0.333. The predicted octanol–water partition coefficient (Wildman–Crippen LogP) is 3.48. The van der Waals surface area contributed by atoms with E-state index in [0.717, 1.165) is 27.8 Å². The number of likely N-dealkylation sites (tertiary alicyclic amines) is 1. The molecule has 1 radical (unpaired) electrons. The van der Waals surface area contributed by atoms with Gasteiger partial charge in [-0.2, -0.15) is 0 Å². The van der Waals surface area contributed by atoms with Gasteiger partial charge < -0.3 is 20.4 Å². The van der Waals surface area contributed by atoms with Crippen LogP contribution in [0.1, 0.15) is 47.6 Å². The summed E-state index contributed by atoms with van der Waals surface area (Å²) in [7, 11) is 0. The highest BCUT2D eigenvalue weighted by molar-refractivity contribution is 6.06. The van der Waals surface area contributed by atoms with Gasteiger partial charge in [0.2, 0.25) is 23.6 Å². The van der Waals surface area contributed by atoms with E-state index in [2.05, 4.69) is 22.5 Å². The van der Waals surface area contributed by atoms with E-state index in [1.807, 2.05) is 54.6 Å². The van der Waals surface area contributed by atoms with Gasteiger partial charge in [0.1, 0.15) is 12.4 Å². The summed E-state index contributed by atoms with van der Waals surface area (Å²) in [4.78, 5) is 59.5. The third kappa shape index (κ3) is 5.15. The highest BCUT2D eigenvalue weighted by atomic mass is 16.2. The summed E-state index contributed by atoms with van der Waals surface area (Å²) in [5.41, 5.74) is 4.62. The molecule has 6 rings (SSSR count). The smallest absolute Gasteiger partial charge is 0.244 e. The first-order valence-corrected chi connectivity index (χ1v) is 14.4. The van der Waals surface area contributed by atoms with Gasteiger partial charge in [-0.25, -0.2) is 4.98 Å². The third-order valence-corrected chi connectivity index (χ3v) is 8.88. The molecular weight excluding hydrogens is 530 g/mol. The first kappa shape index (κ1) is 27.6. The van der Waals surface area contributed by atoms with Crippen LogP contribution in [0.25, 0.3) is 0 Å². The standard InChI is InChI=1S/C33H34N5O4/c1-21-6-3-4-7-25(21)19-38(31(41)23-11-14-37(15-12-23)22(2)39)20-29(40)35-27-10-9-24-17-33(18-26(24)16-27)28-8-5-13-34-30(28)36-32(33)42/h3-10,13,16,23H,1,11-12,14-15,17-20H2,2H3,(H,35,40)(H,34,36,42). The molecule has 215 valence electrons. The van der Waals surface area contributed by atoms with Crippen LogP contribution in [0.4, 0.5) is 11.5 Å². The Bertz CT molecular complexity index is 1580. The number of carbonyl (C=O) groups is 4. The first-order valence-electron chi connectivity index (χ1n) is 14.4. The maximum absolute atomic E-state index is 13.7. The Morgan fingerprint density at radius 1 is 1.07 bits per heavy atom. The predicted molar refractivity (Wildman–Crippen MR) is 158 cm³/mol. The van der Waals surface area contributed by atoms with Crippen molar-refractivity contribution in [2.24, 2.45) is 5.92 Å². The SMILES string of the molecule is [CH2]c1ccccc1CN(CC(=O)Nc1ccc2c(c1)CC1(C2)C(=O)Nc2ncccc21)C(=O)C1CCN(C(C)=O)CC1. The molecule has 1 saturated heterocycles. The van der Waals surface area contributed by atoms with Crippen molar-refractivity contribution in [2.75, 3.05) is 30.3 Å². The molecular formula is C33H34N5O4. The molecule has 2 aliphatic heterocycles. The fourth-order valence-corrected chi connectivity index (χ4v) is 6.55. The van der Waals surface area contributed by atoms with E-state index in [9.17, 15) is 19.2 Å². The number of nitrogens with zero attached hydrogens (tertiary/aromatic N) is 3. The van der Waals surface area contributed by atoms with Crippen molar-refractivity contribution in [3.05, 3.63) is 95.5 Å². The lowest BCUT2D eigenvalue weighted by molar-refractivity contribution is -0.142. The molecule has 9 heteroatoms. The minimum Gasteiger partial charge on any atom is -0.343 e. The number of carbonyl (C=O) groups excluding carboxylic acids is 4. The van der Waals surface area contributed by atoms with Gasteiger partial charge in [-0.05, 0) is 73.1 Å². The summed E-state index contributed by atoms with van der Waals surface area (Å²) in [5.74, 6) is -0.0652. The molecule has 1 atom stereocenters. The number of benzene rings is 2. The summed E-state index contributed by atoms with van der Waals surface area (Å²) >= 11 is 0. The second-order valence-electron chi connectivity index (χ2n) is 11.6. The molecule has 2 aromatic carbocycles. The van der Waals surface area contributed by atoms with Crippen LogP contribution in [0.15, 0.2) is 60.8 Å². The number of piperidine rings is 1. The molecule has 1 aromatic heterocycles. The second kappa shape index (κ2) is 11.0. The molecule has 1 fully saturated rings. The maximum atomic E-state index is 13.7. The Morgan fingerprint density at radius 2 is 1.83 bits per heavy atom. The lowest BCUT2D eigenvalue weighted by Crippen LogP contribution is -2.45. The molecule has 3 heterocycles. The van der Waals surface area contributed by atoms with E-state index >= 15 is 0 Å². The monoisotopic (exact) mass is 564 g/mol. The maximum Gasteiger partial charge on any atom is 0.244 e. The number of nitrogens with one attached hydrogen (secondary N) is 2. The summed E-state index contributed by atoms with van der Waals surface area (Å²) in [6.45, 7) is 6.87. The van der Waals surface area contributed by atoms with Gasteiger partial charge in [0.25, 0.3) is 0 Å². The molecule has 3 aromatic rings. The average Bonchev–Trinajstić information content (AvgIpc) is 3.50. The summed E-state index contributed by atoms with van der Waals surface area (Å²) in [6.07, 6.45) is 3.92. The number of hydrogen-bond acceptors (Lipinski definition) is 5. The Labute approximate surface area is 245 Å². The van der Waals surface area contributed by atoms with Crippen LogP contribution < -0.4 is 10.6 Å². The topological polar surface area (TPSA) is 112 Å². The number of pyridine rings is 1. The molecule has 0 bridgehead atoms. The molecule has 42 heavy (non-hydrogen) atoms. The average molecular weight is 565 g/mol. The second-order valence-corrected chi connectivity index (χ2v) is 11.6. The Kier molecular flexibility index (Phi) is 7.26. The number of anilines is 2. The zero-order chi connectivity index (χ0) is 29.4. The minimum absolute atomic E-state index is 0.0119. The van der Waals surface area contributed by atoms with Gasteiger partial charge in [-0.15, -0.1) is 0 Å². The summed E-state index contributed by atoms with van der Waals surface area (Å²) in [5, 5.41) is 5.90. The van der Waals surface area contributed by atoms with Crippen molar-refractivity contribution in [3.63, 3.8) is 0 Å². The Balaban J connectivity index is 1.17. The van der Waals surface area contributed by atoms with Crippen LogP contribution >= 0.6 is 0 Å². The minimum atomic E-state index is -0.683. The lowest BCUT2D eigenvalue weighted by Gasteiger charge is -2.34. The number of aromatic nitrogens is 1. The van der Waals surface area contributed by atoms with Crippen LogP contribution in [0.2, 0.25) is 0 Å². The van der Waals surface area contributed by atoms with Crippen molar-refractivity contribution in [3.8, 4) is 0 Å². The van der Waals surface area contributed by atoms with Crippen molar-refractivity contribution < 1.29 is 19.2 Å². The Hall–Kier alpha value is -4.53. The number of hydrogen-bond donors (Lipinski definition) is 2. The Morgan fingerprint density at radius 3 is 2.60 bits per heavy atom. The van der Waals surface area contributed by atoms with Crippen LogP contribution in [-0.4, -0.2) is 58.0 Å². The number of amides is 4. The van der Waals surface area contributed by atoms with Gasteiger partial charge in [0, 0.05) is 49.9 Å². The van der Waals surface area contributed by atoms with Crippen molar-refractivity contribution >= 4 is 35.1 Å². The van der Waals surface area contributed by atoms with Gasteiger partial charge in [0.05, 0.1) is 5.41 Å². The van der Waals surface area contributed by atoms with E-state index in [1.165, 1.54) is 0 Å². The van der Waals surface area contributed by atoms with E-state index in [-0.39, 0.29) is 42.6 Å². The largest absolute Gasteiger partial charge is 0.343 e. The van der Waals surface area contributed by atoms with Gasteiger partial charge >= 0.3 is 0 Å². The van der Waals surface area contributed by atoms with Crippen molar-refractivity contribution in [1.29, 1.82) is 0 Å². The quantitative estimate of drug-likeness (QED) is 0.476. The normalized spacial score (nSPS) is 19.3. The third-order valence-electron chi connectivity index (χ3n) is 8.88. The van der Waals surface area contributed by atoms with Crippen molar-refractivity contribution in [2.45, 2.75) is 44.6 Å². The van der Waals surface area contributed by atoms with E-state index in [1.54, 1.807) is 22.9 Å². The van der Waals surface area contributed by atoms with Gasteiger partial charge in [0.15, 0.2) is 0 Å². The molecule has 1 unspecified atom stereocenters. The van der Waals surface area contributed by atoms with Crippen LogP contribution in [-0.2, 0) is 44.0 Å². The molecule has 1 spiro atoms. The first-order chi connectivity index (χ1) is 20.2. The fourth-order valence-electron chi connectivity index (χ4n) is 6.55. The van der Waals surface area contributed by atoms with Gasteiger partial charge in [-0.1, -0.05) is 36.4 Å². The van der Waals surface area contributed by atoms with Crippen LogP contribution in [0.5, 0.6) is 0 Å². The lowest BCUT2D eigenvalue weighted by atomic mass is 9.79. The molecule has 2 N–H and O–H groups in total. The zero-order valence-corrected chi connectivity index (χ0v) is 23.7. The molecule has 9 nitrogen and oxygen atoms in total. The van der Waals surface area contributed by atoms with E-state index in [0.29, 0.717) is 50.3 Å². The van der Waals surface area contributed by atoms with Crippen LogP contribution in [0.3, 0.4) is 0 Å². The molecule has 3 aliphatic rings. The molecule has 4 amide bonds. The van der Waals surface area contributed by atoms with Crippen LogP contribution in [0, 0.1) is 12.8 Å². The van der Waals surface area contributed by atoms with E-state index in [4.69, 9.17) is 0 Å². The molecule has 1 aliphatic carbocycles. The zero-order valence-electron chi connectivity index (χ0n) is 23.7. The molecule has 0 saturated carbocycles. The summed E-state index contributed by atoms with van der Waals surface area (Å²) in [6, 6.07) is 17.1. The number of rotatable bonds is 6. The highest BCUT2D eigenvalue weighted by Crippen LogP contribution is 2.46. The number of fused-ring (bicyclic) bond motifs is 3. The van der Waals surface area contributed by atoms with Crippen molar-refractivity contribution in [1.82, 2.24) is 14.8 Å². The van der Waals surface area contributed by atoms with E-state index < -0.39 is 5.41 Å².